The molecule has 6 nitrogen and oxygen atoms in total. The van der Waals surface area contributed by atoms with Crippen LogP contribution in [0.15, 0.2) is 42.5 Å². The monoisotopic (exact) mass is 399 g/mol. The highest BCUT2D eigenvalue weighted by molar-refractivity contribution is 7.20. The predicted octanol–water partition coefficient (Wildman–Crippen LogP) is 4.72. The molecule has 1 aromatic heterocycles. The number of alkyl halides is 3. The van der Waals surface area contributed by atoms with Crippen LogP contribution in [0.25, 0.3) is 10.1 Å². The van der Waals surface area contributed by atoms with Gasteiger partial charge in [-0.15, -0.1) is 11.3 Å². The van der Waals surface area contributed by atoms with Crippen LogP contribution < -0.4 is 10.9 Å². The average Bonchev–Trinajstić information content (AvgIpc) is 3.01. The van der Waals surface area contributed by atoms with Gasteiger partial charge in [0.15, 0.2) is 0 Å². The number of nitrogens with zero attached hydrogens (tertiary/aromatic N) is 1. The second-order valence-corrected chi connectivity index (χ2v) is 6.44. The summed E-state index contributed by atoms with van der Waals surface area (Å²) in [6.45, 7) is 0. The molecule has 0 aliphatic carbocycles. The van der Waals surface area contributed by atoms with Crippen LogP contribution in [0.1, 0.15) is 15.2 Å². The average molecular weight is 399 g/mol. The normalized spacial score (nSPS) is 11.4. The molecule has 2 N–H and O–H groups in total. The number of nitro groups is 1. The Morgan fingerprint density at radius 3 is 2.52 bits per heavy atom. The molecule has 27 heavy (non-hydrogen) atoms. The van der Waals surface area contributed by atoms with Crippen LogP contribution in [0, 0.1) is 15.9 Å². The van der Waals surface area contributed by atoms with E-state index in [-0.39, 0.29) is 10.6 Å². The van der Waals surface area contributed by atoms with Gasteiger partial charge >= 0.3 is 6.18 Å². The highest BCUT2D eigenvalue weighted by Crippen LogP contribution is 2.34. The van der Waals surface area contributed by atoms with Crippen LogP contribution in [0.4, 0.5) is 28.9 Å². The number of rotatable bonds is 4. The Kier molecular flexibility index (Phi) is 4.70. The number of anilines is 1. The maximum Gasteiger partial charge on any atom is 0.416 e. The number of fused-ring (bicyclic) bond motifs is 1. The van der Waals surface area contributed by atoms with Gasteiger partial charge in [0.25, 0.3) is 11.6 Å². The number of thiophene rings is 1. The third kappa shape index (κ3) is 3.97. The minimum atomic E-state index is -4.74. The molecule has 0 saturated carbocycles. The van der Waals surface area contributed by atoms with Crippen molar-refractivity contribution in [2.24, 2.45) is 0 Å². The minimum Gasteiger partial charge on any atom is -0.292 e. The molecule has 1 heterocycles. The third-order valence-electron chi connectivity index (χ3n) is 3.53. The lowest BCUT2D eigenvalue weighted by Crippen LogP contribution is -2.29. The van der Waals surface area contributed by atoms with E-state index in [1.807, 2.05) is 0 Å². The number of carbonyl (C=O) groups excluding carboxylic acids is 1. The number of hydrogen-bond donors (Lipinski definition) is 2. The van der Waals surface area contributed by atoms with Gasteiger partial charge in [-0.25, -0.2) is 4.39 Å². The number of nitro benzene ring substituents is 1. The number of carbonyl (C=O) groups is 1. The van der Waals surface area contributed by atoms with Gasteiger partial charge < -0.3 is 0 Å². The van der Waals surface area contributed by atoms with Crippen LogP contribution in [0.2, 0.25) is 0 Å². The number of halogens is 4. The highest BCUT2D eigenvalue weighted by Gasteiger charge is 2.33. The molecular formula is C16H9F4N3O3S. The number of amides is 1. The summed E-state index contributed by atoms with van der Waals surface area (Å²) in [5, 5.41) is 11.5. The summed E-state index contributed by atoms with van der Waals surface area (Å²) in [7, 11) is 0. The molecule has 3 aromatic rings. The Bertz CT molecular complexity index is 1050. The van der Waals surface area contributed by atoms with E-state index in [1.54, 1.807) is 0 Å². The molecule has 0 radical (unpaired) electrons. The molecule has 0 saturated heterocycles. The lowest BCUT2D eigenvalue weighted by atomic mass is 10.1. The lowest BCUT2D eigenvalue weighted by molar-refractivity contribution is -0.384. The summed E-state index contributed by atoms with van der Waals surface area (Å²) in [6.07, 6.45) is -4.74. The summed E-state index contributed by atoms with van der Waals surface area (Å²) < 4.78 is 51.9. The highest BCUT2D eigenvalue weighted by atomic mass is 32.1. The SMILES string of the molecule is O=C(NNc1ccc(C(F)(F)F)cc1[N+](=O)[O-])c1cc2cc(F)ccc2s1. The van der Waals surface area contributed by atoms with E-state index in [0.717, 1.165) is 17.4 Å². The lowest BCUT2D eigenvalue weighted by Gasteiger charge is -2.11. The standard InChI is InChI=1S/C16H9F4N3O3S/c17-10-2-4-13-8(5-10)6-14(27-13)15(24)22-21-11-3-1-9(16(18,19)20)7-12(11)23(25)26/h1-7,21H,(H,22,24). The maximum absolute atomic E-state index is 13.2. The molecule has 0 bridgehead atoms. The van der Waals surface area contributed by atoms with Crippen molar-refractivity contribution in [3.8, 4) is 0 Å². The molecule has 3 rings (SSSR count). The van der Waals surface area contributed by atoms with Crippen LogP contribution in [0.5, 0.6) is 0 Å². The van der Waals surface area contributed by atoms with Crippen LogP contribution in [0.3, 0.4) is 0 Å². The predicted molar refractivity (Wildman–Crippen MR) is 91.0 cm³/mol. The second kappa shape index (κ2) is 6.83. The van der Waals surface area contributed by atoms with Crippen LogP contribution >= 0.6 is 11.3 Å². The van der Waals surface area contributed by atoms with Gasteiger partial charge in [-0.1, -0.05) is 0 Å². The third-order valence-corrected chi connectivity index (χ3v) is 4.65. The Balaban J connectivity index is 1.80. The van der Waals surface area contributed by atoms with E-state index in [4.69, 9.17) is 0 Å². The summed E-state index contributed by atoms with van der Waals surface area (Å²) >= 11 is 1.06. The maximum atomic E-state index is 13.2. The van der Waals surface area contributed by atoms with Crippen LogP contribution in [-0.2, 0) is 6.18 Å². The molecule has 0 unspecified atom stereocenters. The first kappa shape index (κ1) is 18.6. The molecule has 1 amide bonds. The Labute approximate surface area is 152 Å². The van der Waals surface area contributed by atoms with Crippen molar-refractivity contribution >= 4 is 38.7 Å². The van der Waals surface area contributed by atoms with Gasteiger partial charge in [-0.05, 0) is 41.8 Å². The fraction of sp³-hybridized carbons (Fsp3) is 0.0625. The van der Waals surface area contributed by atoms with Crippen molar-refractivity contribution in [2.45, 2.75) is 6.18 Å². The molecular weight excluding hydrogens is 390 g/mol. The van der Waals surface area contributed by atoms with Crippen molar-refractivity contribution in [3.05, 3.63) is 68.8 Å². The Hall–Kier alpha value is -3.21. The first-order valence-electron chi connectivity index (χ1n) is 7.26. The summed E-state index contributed by atoms with van der Waals surface area (Å²) in [5.74, 6) is -1.14. The van der Waals surface area contributed by atoms with E-state index in [2.05, 4.69) is 10.9 Å². The van der Waals surface area contributed by atoms with E-state index < -0.39 is 34.1 Å². The van der Waals surface area contributed by atoms with Crippen molar-refractivity contribution in [1.29, 1.82) is 0 Å². The van der Waals surface area contributed by atoms with Gasteiger partial charge in [0, 0.05) is 10.8 Å². The molecule has 0 aliphatic heterocycles. The fourth-order valence-electron chi connectivity index (χ4n) is 2.28. The first-order chi connectivity index (χ1) is 12.6. The van der Waals surface area contributed by atoms with Gasteiger partial charge in [-0.2, -0.15) is 13.2 Å². The van der Waals surface area contributed by atoms with Gasteiger partial charge in [0.1, 0.15) is 11.5 Å². The number of benzene rings is 2. The van der Waals surface area contributed by atoms with Crippen molar-refractivity contribution in [3.63, 3.8) is 0 Å². The van der Waals surface area contributed by atoms with Gasteiger partial charge in [0.05, 0.1) is 15.4 Å². The zero-order valence-corrected chi connectivity index (χ0v) is 14.0. The van der Waals surface area contributed by atoms with Gasteiger partial charge in [-0.3, -0.25) is 25.8 Å². The van der Waals surface area contributed by atoms with E-state index in [9.17, 15) is 32.5 Å². The zero-order valence-electron chi connectivity index (χ0n) is 13.1. The largest absolute Gasteiger partial charge is 0.416 e. The fourth-order valence-corrected chi connectivity index (χ4v) is 3.21. The number of hydrogen-bond acceptors (Lipinski definition) is 5. The smallest absolute Gasteiger partial charge is 0.292 e. The molecule has 0 fully saturated rings. The van der Waals surface area contributed by atoms with Crippen molar-refractivity contribution < 1.29 is 27.3 Å². The molecule has 0 atom stereocenters. The van der Waals surface area contributed by atoms with E-state index in [0.29, 0.717) is 22.2 Å². The molecule has 0 spiro atoms. The summed E-state index contributed by atoms with van der Waals surface area (Å²) in [6, 6.07) is 7.30. The number of hydrazine groups is 1. The zero-order chi connectivity index (χ0) is 19.8. The molecule has 0 aliphatic rings. The molecule has 2 aromatic carbocycles. The summed E-state index contributed by atoms with van der Waals surface area (Å²) in [5.41, 5.74) is 2.10. The molecule has 140 valence electrons. The number of nitrogens with one attached hydrogen (secondary N) is 2. The summed E-state index contributed by atoms with van der Waals surface area (Å²) in [4.78, 5) is 22.4. The quantitative estimate of drug-likeness (QED) is 0.378. The van der Waals surface area contributed by atoms with Crippen molar-refractivity contribution in [1.82, 2.24) is 5.43 Å². The topological polar surface area (TPSA) is 84.3 Å². The Morgan fingerprint density at radius 1 is 1.11 bits per heavy atom. The van der Waals surface area contributed by atoms with Gasteiger partial charge in [0.2, 0.25) is 0 Å². The first-order valence-corrected chi connectivity index (χ1v) is 8.08. The van der Waals surface area contributed by atoms with E-state index >= 15 is 0 Å². The molecule has 11 heteroatoms. The Morgan fingerprint density at radius 2 is 1.85 bits per heavy atom. The van der Waals surface area contributed by atoms with Crippen molar-refractivity contribution in [2.75, 3.05) is 5.43 Å². The second-order valence-electron chi connectivity index (χ2n) is 5.36. The van der Waals surface area contributed by atoms with E-state index in [1.165, 1.54) is 24.3 Å². The minimum absolute atomic E-state index is 0.192. The van der Waals surface area contributed by atoms with Crippen LogP contribution in [-0.4, -0.2) is 10.8 Å².